The van der Waals surface area contributed by atoms with Crippen LogP contribution in [0.3, 0.4) is 0 Å². The first-order chi connectivity index (χ1) is 4.96. The Bertz CT molecular complexity index is 131. The summed E-state index contributed by atoms with van der Waals surface area (Å²) < 4.78 is 0. The van der Waals surface area contributed by atoms with Gasteiger partial charge in [0.1, 0.15) is 0 Å². The average Bonchev–Trinajstić information content (AvgIpc) is 1.87. The molecule has 0 aromatic heterocycles. The molecule has 0 heterocycles. The Kier molecular flexibility index (Phi) is 4.05. The van der Waals surface area contributed by atoms with Crippen molar-refractivity contribution in [2.24, 2.45) is 11.1 Å². The Morgan fingerprint density at radius 2 is 1.42 bits per heavy atom. The number of nitrogens with two attached hydrogens (primary N) is 1. The molecule has 0 aromatic rings. The molecule has 12 heavy (non-hydrogen) atoms. The summed E-state index contributed by atoms with van der Waals surface area (Å²) in [4.78, 5) is 0. The van der Waals surface area contributed by atoms with E-state index in [0.717, 1.165) is 0 Å². The lowest BCUT2D eigenvalue weighted by Gasteiger charge is -2.44. The Hall–Kier alpha value is 0.250. The third-order valence-electron chi connectivity index (χ3n) is 3.24. The van der Waals surface area contributed by atoms with Gasteiger partial charge in [-0.05, 0) is 18.3 Å². The summed E-state index contributed by atoms with van der Waals surface area (Å²) in [6.07, 6.45) is 6.48. The van der Waals surface area contributed by atoms with Gasteiger partial charge >= 0.3 is 0 Å². The zero-order valence-corrected chi connectivity index (χ0v) is 9.34. The molecule has 2 heteroatoms. The highest BCUT2D eigenvalue weighted by molar-refractivity contribution is 5.85. The minimum atomic E-state index is 0. The minimum Gasteiger partial charge on any atom is -0.325 e. The van der Waals surface area contributed by atoms with Crippen LogP contribution in [-0.2, 0) is 0 Å². The summed E-state index contributed by atoms with van der Waals surface area (Å²) in [5.41, 5.74) is 6.74. The Balaban J connectivity index is 0.00000121. The molecule has 2 N–H and O–H groups in total. The van der Waals surface area contributed by atoms with Crippen LogP contribution < -0.4 is 5.73 Å². The van der Waals surface area contributed by atoms with Gasteiger partial charge < -0.3 is 5.73 Å². The summed E-state index contributed by atoms with van der Waals surface area (Å²) in [6.45, 7) is 6.79. The number of hydrogen-bond donors (Lipinski definition) is 1. The van der Waals surface area contributed by atoms with Crippen molar-refractivity contribution in [3.05, 3.63) is 0 Å². The van der Waals surface area contributed by atoms with Crippen molar-refractivity contribution in [2.45, 2.75) is 58.4 Å². The smallest absolute Gasteiger partial charge is 0.0203 e. The van der Waals surface area contributed by atoms with Crippen LogP contribution in [-0.4, -0.2) is 5.54 Å². The average molecular weight is 192 g/mol. The first-order valence-corrected chi connectivity index (χ1v) is 4.75. The highest BCUT2D eigenvalue weighted by Gasteiger charge is 2.38. The fourth-order valence-corrected chi connectivity index (χ4v) is 1.93. The topological polar surface area (TPSA) is 26.0 Å². The fourth-order valence-electron chi connectivity index (χ4n) is 1.93. The molecule has 0 radical (unpaired) electrons. The van der Waals surface area contributed by atoms with E-state index in [4.69, 9.17) is 5.73 Å². The van der Waals surface area contributed by atoms with Gasteiger partial charge in [0, 0.05) is 5.54 Å². The van der Waals surface area contributed by atoms with Gasteiger partial charge in [-0.25, -0.2) is 0 Å². The molecule has 0 atom stereocenters. The van der Waals surface area contributed by atoms with Crippen LogP contribution in [0.25, 0.3) is 0 Å². The number of halogens is 1. The maximum atomic E-state index is 6.34. The van der Waals surface area contributed by atoms with Crippen molar-refractivity contribution in [1.29, 1.82) is 0 Å². The zero-order valence-electron chi connectivity index (χ0n) is 8.52. The molecule has 0 unspecified atom stereocenters. The minimum absolute atomic E-state index is 0. The number of rotatable bonds is 0. The SMILES string of the molecule is CC(C)(C)C1(N)CCCCC1.Cl. The second kappa shape index (κ2) is 3.97. The standard InChI is InChI=1S/C10H21N.ClH/c1-9(2,3)10(11)7-5-4-6-8-10;/h4-8,11H2,1-3H3;1H. The van der Waals surface area contributed by atoms with Crippen LogP contribution in [0.2, 0.25) is 0 Å². The van der Waals surface area contributed by atoms with Gasteiger partial charge in [-0.1, -0.05) is 40.0 Å². The van der Waals surface area contributed by atoms with E-state index in [1.807, 2.05) is 0 Å². The van der Waals surface area contributed by atoms with Crippen LogP contribution in [0.4, 0.5) is 0 Å². The fraction of sp³-hybridized carbons (Fsp3) is 1.00. The third-order valence-corrected chi connectivity index (χ3v) is 3.24. The second-order valence-corrected chi connectivity index (χ2v) is 4.97. The molecule has 0 amide bonds. The van der Waals surface area contributed by atoms with E-state index in [9.17, 15) is 0 Å². The van der Waals surface area contributed by atoms with Crippen LogP contribution in [0, 0.1) is 5.41 Å². The van der Waals surface area contributed by atoms with E-state index in [-0.39, 0.29) is 23.4 Å². The van der Waals surface area contributed by atoms with Crippen LogP contribution in [0.15, 0.2) is 0 Å². The molecule has 0 spiro atoms. The lowest BCUT2D eigenvalue weighted by Crippen LogP contribution is -2.52. The van der Waals surface area contributed by atoms with Crippen molar-refractivity contribution in [1.82, 2.24) is 0 Å². The van der Waals surface area contributed by atoms with Crippen LogP contribution >= 0.6 is 12.4 Å². The summed E-state index contributed by atoms with van der Waals surface area (Å²) in [7, 11) is 0. The summed E-state index contributed by atoms with van der Waals surface area (Å²) in [5, 5.41) is 0. The Labute approximate surface area is 82.5 Å². The van der Waals surface area contributed by atoms with Gasteiger partial charge in [-0.2, -0.15) is 0 Å². The summed E-state index contributed by atoms with van der Waals surface area (Å²) in [6, 6.07) is 0. The van der Waals surface area contributed by atoms with Crippen molar-refractivity contribution in [3.8, 4) is 0 Å². The normalized spacial score (nSPS) is 23.0. The predicted octanol–water partition coefficient (Wildman–Crippen LogP) is 3.12. The van der Waals surface area contributed by atoms with Gasteiger partial charge in [0.15, 0.2) is 0 Å². The first-order valence-electron chi connectivity index (χ1n) is 4.75. The molecule has 0 aromatic carbocycles. The van der Waals surface area contributed by atoms with E-state index in [2.05, 4.69) is 20.8 Å². The van der Waals surface area contributed by atoms with Crippen molar-refractivity contribution < 1.29 is 0 Å². The summed E-state index contributed by atoms with van der Waals surface area (Å²) >= 11 is 0. The zero-order chi connectivity index (χ0) is 8.54. The van der Waals surface area contributed by atoms with E-state index >= 15 is 0 Å². The van der Waals surface area contributed by atoms with Gasteiger partial charge in [0.25, 0.3) is 0 Å². The van der Waals surface area contributed by atoms with E-state index in [0.29, 0.717) is 0 Å². The van der Waals surface area contributed by atoms with E-state index in [1.165, 1.54) is 32.1 Å². The molecular formula is C10H22ClN. The van der Waals surface area contributed by atoms with Crippen molar-refractivity contribution in [2.75, 3.05) is 0 Å². The quantitative estimate of drug-likeness (QED) is 0.626. The van der Waals surface area contributed by atoms with Crippen LogP contribution in [0.5, 0.6) is 0 Å². The Morgan fingerprint density at radius 3 is 1.67 bits per heavy atom. The molecule has 0 bridgehead atoms. The molecule has 74 valence electrons. The monoisotopic (exact) mass is 191 g/mol. The lowest BCUT2D eigenvalue weighted by atomic mass is 9.66. The first kappa shape index (κ1) is 12.2. The maximum absolute atomic E-state index is 6.34. The molecule has 1 aliphatic carbocycles. The van der Waals surface area contributed by atoms with Gasteiger partial charge in [-0.15, -0.1) is 12.4 Å². The van der Waals surface area contributed by atoms with Crippen molar-refractivity contribution >= 4 is 12.4 Å². The molecule has 1 rings (SSSR count). The van der Waals surface area contributed by atoms with Crippen LogP contribution in [0.1, 0.15) is 52.9 Å². The predicted molar refractivity (Wildman–Crippen MR) is 56.7 cm³/mol. The largest absolute Gasteiger partial charge is 0.325 e. The molecular weight excluding hydrogens is 170 g/mol. The molecule has 0 saturated heterocycles. The Morgan fingerprint density at radius 1 is 1.00 bits per heavy atom. The maximum Gasteiger partial charge on any atom is 0.0203 e. The van der Waals surface area contributed by atoms with Gasteiger partial charge in [-0.3, -0.25) is 0 Å². The molecule has 1 fully saturated rings. The van der Waals surface area contributed by atoms with Gasteiger partial charge in [0.2, 0.25) is 0 Å². The second-order valence-electron chi connectivity index (χ2n) is 4.97. The van der Waals surface area contributed by atoms with E-state index < -0.39 is 0 Å². The number of hydrogen-bond acceptors (Lipinski definition) is 1. The highest BCUT2D eigenvalue weighted by atomic mass is 35.5. The van der Waals surface area contributed by atoms with Gasteiger partial charge in [0.05, 0.1) is 0 Å². The molecule has 0 aliphatic heterocycles. The third kappa shape index (κ3) is 2.37. The molecule has 1 nitrogen and oxygen atoms in total. The molecule has 1 aliphatic rings. The van der Waals surface area contributed by atoms with E-state index in [1.54, 1.807) is 0 Å². The summed E-state index contributed by atoms with van der Waals surface area (Å²) in [5.74, 6) is 0. The van der Waals surface area contributed by atoms with Crippen molar-refractivity contribution in [3.63, 3.8) is 0 Å². The molecule has 1 saturated carbocycles. The highest BCUT2D eigenvalue weighted by Crippen LogP contribution is 2.39. The lowest BCUT2D eigenvalue weighted by molar-refractivity contribution is 0.133.